The van der Waals surface area contributed by atoms with Gasteiger partial charge in [-0.05, 0) is 49.3 Å². The van der Waals surface area contributed by atoms with E-state index >= 15 is 0 Å². The minimum Gasteiger partial charge on any atom is -0.478 e. The number of halogens is 1. The van der Waals surface area contributed by atoms with Crippen LogP contribution >= 0.6 is 0 Å². The normalized spacial score (nSPS) is 21.9. The maximum absolute atomic E-state index is 12.8. The third-order valence-corrected chi connectivity index (χ3v) is 3.25. The van der Waals surface area contributed by atoms with Crippen molar-refractivity contribution in [2.24, 2.45) is 5.92 Å². The van der Waals surface area contributed by atoms with Crippen LogP contribution in [0.4, 0.5) is 4.39 Å². The summed E-state index contributed by atoms with van der Waals surface area (Å²) in [6, 6.07) is 6.44. The van der Waals surface area contributed by atoms with Gasteiger partial charge < -0.3 is 5.11 Å². The molecule has 0 heterocycles. The Bertz CT molecular complexity index is 434. The van der Waals surface area contributed by atoms with Crippen LogP contribution < -0.4 is 0 Å². The topological polar surface area (TPSA) is 37.3 Å². The Morgan fingerprint density at radius 2 is 2.12 bits per heavy atom. The van der Waals surface area contributed by atoms with Gasteiger partial charge in [0.05, 0.1) is 0 Å². The predicted octanol–water partition coefficient (Wildman–Crippen LogP) is 3.18. The Labute approximate surface area is 99.8 Å². The van der Waals surface area contributed by atoms with Crippen LogP contribution in [0.25, 0.3) is 0 Å². The Hall–Kier alpha value is -1.64. The highest BCUT2D eigenvalue weighted by Gasteiger charge is 2.21. The summed E-state index contributed by atoms with van der Waals surface area (Å²) in [6.07, 6.45) is 5.08. The zero-order valence-corrected chi connectivity index (χ0v) is 9.53. The fourth-order valence-corrected chi connectivity index (χ4v) is 2.43. The van der Waals surface area contributed by atoms with E-state index in [0.717, 1.165) is 36.8 Å². The van der Waals surface area contributed by atoms with Crippen molar-refractivity contribution in [3.63, 3.8) is 0 Å². The number of carbonyl (C=O) groups is 1. The van der Waals surface area contributed by atoms with Gasteiger partial charge in [-0.1, -0.05) is 17.7 Å². The van der Waals surface area contributed by atoms with E-state index in [1.807, 2.05) is 0 Å². The molecule has 2 rings (SSSR count). The van der Waals surface area contributed by atoms with Crippen LogP contribution in [0.15, 0.2) is 35.9 Å². The van der Waals surface area contributed by atoms with E-state index in [0.29, 0.717) is 5.92 Å². The van der Waals surface area contributed by atoms with Gasteiger partial charge in [0.25, 0.3) is 0 Å². The maximum Gasteiger partial charge on any atom is 0.328 e. The first-order valence-corrected chi connectivity index (χ1v) is 5.83. The van der Waals surface area contributed by atoms with Crippen LogP contribution in [0, 0.1) is 11.7 Å². The summed E-state index contributed by atoms with van der Waals surface area (Å²) in [6.45, 7) is 0. The first-order valence-electron chi connectivity index (χ1n) is 5.83. The minimum atomic E-state index is -0.869. The lowest BCUT2D eigenvalue weighted by Gasteiger charge is -2.11. The van der Waals surface area contributed by atoms with E-state index in [4.69, 9.17) is 5.11 Å². The summed E-state index contributed by atoms with van der Waals surface area (Å²) < 4.78 is 12.8. The molecule has 0 bridgehead atoms. The van der Waals surface area contributed by atoms with E-state index in [1.54, 1.807) is 12.1 Å². The number of aliphatic carboxylic acids is 1. The Morgan fingerprint density at radius 3 is 2.76 bits per heavy atom. The molecular weight excluding hydrogens is 219 g/mol. The monoisotopic (exact) mass is 234 g/mol. The lowest BCUT2D eigenvalue weighted by Crippen LogP contribution is -2.04. The molecule has 0 radical (unpaired) electrons. The number of carboxylic acid groups (broad SMARTS) is 1. The van der Waals surface area contributed by atoms with Gasteiger partial charge in [-0.25, -0.2) is 9.18 Å². The molecule has 1 aliphatic carbocycles. The summed E-state index contributed by atoms with van der Waals surface area (Å²) in [5, 5.41) is 8.77. The van der Waals surface area contributed by atoms with Gasteiger partial charge in [-0.2, -0.15) is 0 Å². The molecule has 0 saturated heterocycles. The van der Waals surface area contributed by atoms with Crippen LogP contribution in [0.2, 0.25) is 0 Å². The molecule has 3 heteroatoms. The van der Waals surface area contributed by atoms with Crippen molar-refractivity contribution in [1.29, 1.82) is 0 Å². The fourth-order valence-electron chi connectivity index (χ4n) is 2.43. The molecule has 2 nitrogen and oxygen atoms in total. The van der Waals surface area contributed by atoms with Crippen molar-refractivity contribution in [1.82, 2.24) is 0 Å². The lowest BCUT2D eigenvalue weighted by atomic mass is 9.94. The first kappa shape index (κ1) is 11.8. The van der Waals surface area contributed by atoms with E-state index in [9.17, 15) is 9.18 Å². The van der Waals surface area contributed by atoms with Gasteiger partial charge >= 0.3 is 5.97 Å². The van der Waals surface area contributed by atoms with Crippen LogP contribution in [0.1, 0.15) is 24.8 Å². The smallest absolute Gasteiger partial charge is 0.328 e. The maximum atomic E-state index is 12.8. The molecule has 1 saturated carbocycles. The molecule has 1 atom stereocenters. The number of benzene rings is 1. The number of hydrogen-bond donors (Lipinski definition) is 1. The minimum absolute atomic E-state index is 0.235. The van der Waals surface area contributed by atoms with Gasteiger partial charge in [-0.15, -0.1) is 0 Å². The Kier molecular flexibility index (Phi) is 3.57. The van der Waals surface area contributed by atoms with E-state index in [2.05, 4.69) is 0 Å². The second-order valence-corrected chi connectivity index (χ2v) is 4.48. The van der Waals surface area contributed by atoms with Crippen LogP contribution in [-0.4, -0.2) is 11.1 Å². The van der Waals surface area contributed by atoms with E-state index in [1.165, 1.54) is 18.2 Å². The first-order chi connectivity index (χ1) is 8.15. The van der Waals surface area contributed by atoms with Gasteiger partial charge in [0.2, 0.25) is 0 Å². The van der Waals surface area contributed by atoms with Crippen LogP contribution in [0.3, 0.4) is 0 Å². The lowest BCUT2D eigenvalue weighted by molar-refractivity contribution is -0.131. The Balaban J connectivity index is 2.07. The third kappa shape index (κ3) is 3.16. The van der Waals surface area contributed by atoms with Crippen LogP contribution in [0.5, 0.6) is 0 Å². The van der Waals surface area contributed by atoms with E-state index in [-0.39, 0.29) is 5.82 Å². The van der Waals surface area contributed by atoms with Crippen molar-refractivity contribution in [3.8, 4) is 0 Å². The SMILES string of the molecule is O=C(O)/C=C1\CCCC1Cc1ccc(F)cc1. The summed E-state index contributed by atoms with van der Waals surface area (Å²) >= 11 is 0. The molecule has 1 aromatic rings. The van der Waals surface area contributed by atoms with Crippen molar-refractivity contribution in [3.05, 3.63) is 47.3 Å². The molecule has 90 valence electrons. The average molecular weight is 234 g/mol. The molecule has 1 aromatic carbocycles. The predicted molar refractivity (Wildman–Crippen MR) is 63.2 cm³/mol. The average Bonchev–Trinajstić information content (AvgIpc) is 2.68. The van der Waals surface area contributed by atoms with Crippen molar-refractivity contribution >= 4 is 5.97 Å². The number of allylic oxidation sites excluding steroid dienone is 1. The standard InChI is InChI=1S/C14H15FO2/c15-13-6-4-10(5-7-13)8-11-2-1-3-12(11)9-14(16)17/h4-7,9,11H,1-3,8H2,(H,16,17)/b12-9+. The second-order valence-electron chi connectivity index (χ2n) is 4.48. The molecule has 17 heavy (non-hydrogen) atoms. The van der Waals surface area contributed by atoms with Gasteiger partial charge in [0.1, 0.15) is 5.82 Å². The van der Waals surface area contributed by atoms with Gasteiger partial charge in [0.15, 0.2) is 0 Å². The van der Waals surface area contributed by atoms with Crippen molar-refractivity contribution < 1.29 is 14.3 Å². The largest absolute Gasteiger partial charge is 0.478 e. The highest BCUT2D eigenvalue weighted by molar-refractivity contribution is 5.80. The fraction of sp³-hybridized carbons (Fsp3) is 0.357. The molecule has 1 aliphatic rings. The molecule has 0 aromatic heterocycles. The summed E-state index contributed by atoms with van der Waals surface area (Å²) in [5.74, 6) is -0.802. The van der Waals surface area contributed by atoms with Gasteiger partial charge in [0, 0.05) is 6.08 Å². The van der Waals surface area contributed by atoms with Crippen LogP contribution in [-0.2, 0) is 11.2 Å². The highest BCUT2D eigenvalue weighted by atomic mass is 19.1. The molecular formula is C14H15FO2. The number of carboxylic acids is 1. The number of rotatable bonds is 3. The van der Waals surface area contributed by atoms with Crippen molar-refractivity contribution in [2.45, 2.75) is 25.7 Å². The molecule has 1 unspecified atom stereocenters. The zero-order chi connectivity index (χ0) is 12.3. The van der Waals surface area contributed by atoms with Gasteiger partial charge in [-0.3, -0.25) is 0 Å². The number of hydrogen-bond acceptors (Lipinski definition) is 1. The molecule has 0 aliphatic heterocycles. The third-order valence-electron chi connectivity index (χ3n) is 3.25. The summed E-state index contributed by atoms with van der Waals surface area (Å²) in [5.41, 5.74) is 2.08. The van der Waals surface area contributed by atoms with Crippen molar-refractivity contribution in [2.75, 3.05) is 0 Å². The molecule has 1 N–H and O–H groups in total. The second kappa shape index (κ2) is 5.13. The Morgan fingerprint density at radius 1 is 1.41 bits per heavy atom. The molecule has 0 spiro atoms. The molecule has 1 fully saturated rings. The summed E-state index contributed by atoms with van der Waals surface area (Å²) in [4.78, 5) is 10.7. The quantitative estimate of drug-likeness (QED) is 0.815. The van der Waals surface area contributed by atoms with E-state index < -0.39 is 5.97 Å². The highest BCUT2D eigenvalue weighted by Crippen LogP contribution is 2.33. The zero-order valence-electron chi connectivity index (χ0n) is 9.53. The molecule has 0 amide bonds. The summed E-state index contributed by atoms with van der Waals surface area (Å²) in [7, 11) is 0.